The second-order valence-corrected chi connectivity index (χ2v) is 7.76. The van der Waals surface area contributed by atoms with Crippen LogP contribution in [0.4, 0.5) is 0 Å². The molecule has 0 atom stereocenters. The number of rotatable bonds is 8. The van der Waals surface area contributed by atoms with Crippen molar-refractivity contribution in [2.75, 3.05) is 19.5 Å². The van der Waals surface area contributed by atoms with Crippen LogP contribution in [0.15, 0.2) is 23.4 Å². The zero-order valence-corrected chi connectivity index (χ0v) is 16.2. The number of ether oxygens (including phenoxy) is 2. The van der Waals surface area contributed by atoms with Crippen LogP contribution in [0.25, 0.3) is 0 Å². The molecule has 0 aliphatic heterocycles. The van der Waals surface area contributed by atoms with Crippen LogP contribution in [0.1, 0.15) is 43.4 Å². The normalized spacial score (nSPS) is 11.4. The van der Waals surface area contributed by atoms with Gasteiger partial charge in [-0.2, -0.15) is 0 Å². The van der Waals surface area contributed by atoms with Gasteiger partial charge in [0.25, 0.3) is 0 Å². The van der Waals surface area contributed by atoms with E-state index in [4.69, 9.17) is 9.47 Å². The standard InChI is InChI=1S/C18H25N3O3S/c1-18(2,3)16-19-20-17(21(16)4)25-10-6-9-24-14-8-7-13(12-22)11-15(14)23-5/h7-8,11-12H,6,9-10H2,1-5H3. The number of methoxy groups -OCH3 is 1. The quantitative estimate of drug-likeness (QED) is 0.406. The third-order valence-electron chi connectivity index (χ3n) is 3.61. The predicted octanol–water partition coefficient (Wildman–Crippen LogP) is 3.49. The molecule has 0 amide bonds. The molecule has 0 unspecified atom stereocenters. The molecule has 0 saturated heterocycles. The molecule has 6 nitrogen and oxygen atoms in total. The van der Waals surface area contributed by atoms with Crippen molar-refractivity contribution in [1.29, 1.82) is 0 Å². The van der Waals surface area contributed by atoms with Crippen molar-refractivity contribution in [3.05, 3.63) is 29.6 Å². The second kappa shape index (κ2) is 8.38. The lowest BCUT2D eigenvalue weighted by Gasteiger charge is -2.16. The predicted molar refractivity (Wildman–Crippen MR) is 98.9 cm³/mol. The summed E-state index contributed by atoms with van der Waals surface area (Å²) >= 11 is 1.67. The summed E-state index contributed by atoms with van der Waals surface area (Å²) in [6.07, 6.45) is 1.65. The van der Waals surface area contributed by atoms with E-state index in [9.17, 15) is 4.79 Å². The highest BCUT2D eigenvalue weighted by Gasteiger charge is 2.21. The third-order valence-corrected chi connectivity index (χ3v) is 4.71. The Morgan fingerprint density at radius 3 is 2.60 bits per heavy atom. The van der Waals surface area contributed by atoms with Gasteiger partial charge in [-0.3, -0.25) is 4.79 Å². The number of hydrogen-bond acceptors (Lipinski definition) is 6. The molecule has 0 aliphatic carbocycles. The van der Waals surface area contributed by atoms with E-state index in [-0.39, 0.29) is 5.41 Å². The monoisotopic (exact) mass is 363 g/mol. The van der Waals surface area contributed by atoms with Gasteiger partial charge in [-0.15, -0.1) is 10.2 Å². The maximum atomic E-state index is 10.8. The van der Waals surface area contributed by atoms with Gasteiger partial charge >= 0.3 is 0 Å². The molecule has 0 fully saturated rings. The molecule has 2 rings (SSSR count). The zero-order valence-electron chi connectivity index (χ0n) is 15.4. The number of benzene rings is 1. The van der Waals surface area contributed by atoms with E-state index in [1.807, 2.05) is 11.6 Å². The Morgan fingerprint density at radius 1 is 1.24 bits per heavy atom. The largest absolute Gasteiger partial charge is 0.493 e. The Bertz CT molecular complexity index is 723. The van der Waals surface area contributed by atoms with E-state index >= 15 is 0 Å². The van der Waals surface area contributed by atoms with Crippen molar-refractivity contribution < 1.29 is 14.3 Å². The Morgan fingerprint density at radius 2 is 2.00 bits per heavy atom. The average molecular weight is 363 g/mol. The van der Waals surface area contributed by atoms with Crippen molar-refractivity contribution in [3.8, 4) is 11.5 Å². The molecule has 0 saturated carbocycles. The summed E-state index contributed by atoms with van der Waals surface area (Å²) in [6, 6.07) is 5.14. The van der Waals surface area contributed by atoms with E-state index in [1.165, 1.54) is 0 Å². The first-order valence-corrected chi connectivity index (χ1v) is 9.14. The van der Waals surface area contributed by atoms with Crippen LogP contribution in [0, 0.1) is 0 Å². The number of thioether (sulfide) groups is 1. The van der Waals surface area contributed by atoms with E-state index < -0.39 is 0 Å². The number of hydrogen-bond donors (Lipinski definition) is 0. The van der Waals surface area contributed by atoms with Gasteiger partial charge in [0.2, 0.25) is 0 Å². The molecule has 136 valence electrons. The number of carbonyl (C=O) groups is 1. The van der Waals surface area contributed by atoms with Gasteiger partial charge < -0.3 is 14.0 Å². The first-order valence-electron chi connectivity index (χ1n) is 8.15. The van der Waals surface area contributed by atoms with Gasteiger partial charge in [-0.1, -0.05) is 32.5 Å². The molecule has 7 heteroatoms. The lowest BCUT2D eigenvalue weighted by molar-refractivity contribution is 0.112. The maximum absolute atomic E-state index is 10.8. The molecule has 0 spiro atoms. The fourth-order valence-electron chi connectivity index (χ4n) is 2.37. The summed E-state index contributed by atoms with van der Waals surface area (Å²) in [5, 5.41) is 9.47. The highest BCUT2D eigenvalue weighted by molar-refractivity contribution is 7.99. The second-order valence-electron chi connectivity index (χ2n) is 6.69. The van der Waals surface area contributed by atoms with Crippen molar-refractivity contribution in [2.24, 2.45) is 7.05 Å². The fourth-order valence-corrected chi connectivity index (χ4v) is 3.20. The van der Waals surface area contributed by atoms with Crippen LogP contribution in [0.2, 0.25) is 0 Å². The smallest absolute Gasteiger partial charge is 0.190 e. The molecule has 0 radical (unpaired) electrons. The molecule has 0 N–H and O–H groups in total. The van der Waals surface area contributed by atoms with E-state index in [0.29, 0.717) is 23.7 Å². The Labute approximate surface area is 152 Å². The SMILES string of the molecule is COc1cc(C=O)ccc1OCCCSc1nnc(C(C)(C)C)n1C. The van der Waals surface area contributed by atoms with Crippen molar-refractivity contribution in [1.82, 2.24) is 14.8 Å². The summed E-state index contributed by atoms with van der Waals surface area (Å²) in [6.45, 7) is 6.95. The van der Waals surface area contributed by atoms with Crippen LogP contribution in [-0.4, -0.2) is 40.5 Å². The van der Waals surface area contributed by atoms with Crippen LogP contribution in [0.3, 0.4) is 0 Å². The minimum atomic E-state index is -0.0199. The third kappa shape index (κ3) is 4.98. The topological polar surface area (TPSA) is 66.2 Å². The van der Waals surface area contributed by atoms with Gasteiger partial charge in [0.15, 0.2) is 16.7 Å². The Kier molecular flexibility index (Phi) is 6.47. The highest BCUT2D eigenvalue weighted by atomic mass is 32.2. The van der Waals surface area contributed by atoms with Gasteiger partial charge in [0.1, 0.15) is 12.1 Å². The fraction of sp³-hybridized carbons (Fsp3) is 0.500. The minimum Gasteiger partial charge on any atom is -0.493 e. The molecule has 2 aromatic rings. The lowest BCUT2D eigenvalue weighted by atomic mass is 9.96. The number of aromatic nitrogens is 3. The molecule has 1 heterocycles. The molecule has 0 bridgehead atoms. The van der Waals surface area contributed by atoms with Crippen LogP contribution in [-0.2, 0) is 12.5 Å². The molecule has 25 heavy (non-hydrogen) atoms. The number of carbonyl (C=O) groups excluding carboxylic acids is 1. The van der Waals surface area contributed by atoms with Crippen LogP contribution in [0.5, 0.6) is 11.5 Å². The highest BCUT2D eigenvalue weighted by Crippen LogP contribution is 2.28. The average Bonchev–Trinajstić information content (AvgIpc) is 2.95. The number of aldehydes is 1. The van der Waals surface area contributed by atoms with E-state index in [1.54, 1.807) is 37.1 Å². The van der Waals surface area contributed by atoms with Gasteiger partial charge in [0, 0.05) is 23.8 Å². The lowest BCUT2D eigenvalue weighted by Crippen LogP contribution is -2.17. The number of nitrogens with zero attached hydrogens (tertiary/aromatic N) is 3. The summed E-state index contributed by atoms with van der Waals surface area (Å²) < 4.78 is 13.1. The van der Waals surface area contributed by atoms with Crippen molar-refractivity contribution in [2.45, 2.75) is 37.8 Å². The minimum absolute atomic E-state index is 0.0199. The summed E-state index contributed by atoms with van der Waals surface area (Å²) in [4.78, 5) is 10.8. The van der Waals surface area contributed by atoms with Crippen LogP contribution >= 0.6 is 11.8 Å². The van der Waals surface area contributed by atoms with Gasteiger partial charge in [-0.05, 0) is 24.6 Å². The molecular formula is C18H25N3O3S. The first kappa shape index (κ1) is 19.3. The van der Waals surface area contributed by atoms with E-state index in [2.05, 4.69) is 31.0 Å². The zero-order chi connectivity index (χ0) is 18.4. The molecule has 1 aromatic heterocycles. The first-order chi connectivity index (χ1) is 11.9. The van der Waals surface area contributed by atoms with Crippen molar-refractivity contribution >= 4 is 18.0 Å². The van der Waals surface area contributed by atoms with E-state index in [0.717, 1.165) is 29.4 Å². The maximum Gasteiger partial charge on any atom is 0.190 e. The van der Waals surface area contributed by atoms with Gasteiger partial charge in [-0.25, -0.2) is 0 Å². The molecule has 0 aliphatic rings. The summed E-state index contributed by atoms with van der Waals surface area (Å²) in [5.41, 5.74) is 0.546. The Balaban J connectivity index is 1.83. The molecule has 1 aromatic carbocycles. The molecular weight excluding hydrogens is 338 g/mol. The summed E-state index contributed by atoms with van der Waals surface area (Å²) in [5.74, 6) is 3.07. The summed E-state index contributed by atoms with van der Waals surface area (Å²) in [7, 11) is 3.56. The van der Waals surface area contributed by atoms with Crippen LogP contribution < -0.4 is 9.47 Å². The van der Waals surface area contributed by atoms with Gasteiger partial charge in [0.05, 0.1) is 13.7 Å². The Hall–Kier alpha value is -2.02. The van der Waals surface area contributed by atoms with Crippen molar-refractivity contribution in [3.63, 3.8) is 0 Å².